The number of rotatable bonds is 8. The van der Waals surface area contributed by atoms with Crippen LogP contribution in [0.1, 0.15) is 21.5 Å². The van der Waals surface area contributed by atoms with Crippen LogP contribution in [0.4, 0.5) is 5.69 Å². The SMILES string of the molecule is Cc1ccc(S(=O)(=O)NC(Cc2ccccc2)C(=O)Nc2ccc(C(N)=O)cc2)cc1. The van der Waals surface area contributed by atoms with Crippen LogP contribution in [0.2, 0.25) is 0 Å². The number of anilines is 1. The topological polar surface area (TPSA) is 118 Å². The third-order valence-corrected chi connectivity index (χ3v) is 6.15. The van der Waals surface area contributed by atoms with Gasteiger partial charge in [0.05, 0.1) is 4.90 Å². The molecule has 0 heterocycles. The minimum Gasteiger partial charge on any atom is -0.366 e. The largest absolute Gasteiger partial charge is 0.366 e. The Hall–Kier alpha value is -3.49. The minimum absolute atomic E-state index is 0.0785. The fraction of sp³-hybridized carbons (Fsp3) is 0.130. The zero-order valence-electron chi connectivity index (χ0n) is 16.9. The van der Waals surface area contributed by atoms with Crippen LogP contribution in [0.15, 0.2) is 83.8 Å². The van der Waals surface area contributed by atoms with Crippen molar-refractivity contribution in [1.82, 2.24) is 4.72 Å². The summed E-state index contributed by atoms with van der Waals surface area (Å²) in [5, 5.41) is 2.69. The Morgan fingerprint density at radius 3 is 2.10 bits per heavy atom. The van der Waals surface area contributed by atoms with E-state index in [2.05, 4.69) is 10.0 Å². The molecule has 31 heavy (non-hydrogen) atoms. The number of aryl methyl sites for hydroxylation is 1. The second-order valence-electron chi connectivity index (χ2n) is 7.11. The maximum Gasteiger partial charge on any atom is 0.248 e. The van der Waals surface area contributed by atoms with Crippen LogP contribution in [0.25, 0.3) is 0 Å². The highest BCUT2D eigenvalue weighted by Gasteiger charge is 2.26. The summed E-state index contributed by atoms with van der Waals surface area (Å²) in [6, 6.07) is 20.5. The first-order chi connectivity index (χ1) is 14.7. The Morgan fingerprint density at radius 2 is 1.52 bits per heavy atom. The van der Waals surface area contributed by atoms with Crippen LogP contribution in [0.5, 0.6) is 0 Å². The van der Waals surface area contributed by atoms with E-state index in [4.69, 9.17) is 5.73 Å². The highest BCUT2D eigenvalue weighted by Crippen LogP contribution is 2.15. The first kappa shape index (κ1) is 22.2. The quantitative estimate of drug-likeness (QED) is 0.502. The summed E-state index contributed by atoms with van der Waals surface area (Å²) in [6.07, 6.45) is 0.164. The van der Waals surface area contributed by atoms with Crippen molar-refractivity contribution in [3.63, 3.8) is 0 Å². The predicted octanol–water partition coefficient (Wildman–Crippen LogP) is 2.62. The Balaban J connectivity index is 1.83. The van der Waals surface area contributed by atoms with Crippen molar-refractivity contribution in [2.75, 3.05) is 5.32 Å². The number of nitrogens with one attached hydrogen (secondary N) is 2. The number of primary amides is 1. The van der Waals surface area contributed by atoms with Gasteiger partial charge in [-0.25, -0.2) is 8.42 Å². The van der Waals surface area contributed by atoms with Crippen LogP contribution in [-0.2, 0) is 21.2 Å². The van der Waals surface area contributed by atoms with E-state index in [0.717, 1.165) is 11.1 Å². The van der Waals surface area contributed by atoms with E-state index >= 15 is 0 Å². The average Bonchev–Trinajstić information content (AvgIpc) is 2.74. The lowest BCUT2D eigenvalue weighted by molar-refractivity contribution is -0.117. The molecule has 160 valence electrons. The summed E-state index contributed by atoms with van der Waals surface area (Å²) in [7, 11) is -3.92. The molecule has 0 radical (unpaired) electrons. The number of hydrogen-bond donors (Lipinski definition) is 3. The molecular formula is C23H23N3O4S. The number of amides is 2. The van der Waals surface area contributed by atoms with E-state index in [1.54, 1.807) is 12.1 Å². The normalized spacial score (nSPS) is 12.2. The van der Waals surface area contributed by atoms with Gasteiger partial charge in [-0.3, -0.25) is 9.59 Å². The van der Waals surface area contributed by atoms with Gasteiger partial charge in [0.25, 0.3) is 0 Å². The molecule has 1 atom stereocenters. The molecule has 0 spiro atoms. The molecule has 1 unspecified atom stereocenters. The third kappa shape index (κ3) is 6.00. The van der Waals surface area contributed by atoms with Gasteiger partial charge in [0, 0.05) is 11.3 Å². The summed E-state index contributed by atoms with van der Waals surface area (Å²) in [4.78, 5) is 24.3. The van der Waals surface area contributed by atoms with Crippen molar-refractivity contribution in [1.29, 1.82) is 0 Å². The fourth-order valence-electron chi connectivity index (χ4n) is 2.96. The van der Waals surface area contributed by atoms with Crippen LogP contribution in [0.3, 0.4) is 0 Å². The highest BCUT2D eigenvalue weighted by atomic mass is 32.2. The molecule has 0 aliphatic rings. The monoisotopic (exact) mass is 437 g/mol. The van der Waals surface area contributed by atoms with Crippen molar-refractivity contribution in [3.05, 3.63) is 95.6 Å². The van der Waals surface area contributed by atoms with Gasteiger partial charge in [0.2, 0.25) is 21.8 Å². The van der Waals surface area contributed by atoms with E-state index in [0.29, 0.717) is 11.3 Å². The second kappa shape index (κ2) is 9.55. The molecular weight excluding hydrogens is 414 g/mol. The molecule has 8 heteroatoms. The second-order valence-corrected chi connectivity index (χ2v) is 8.82. The molecule has 3 aromatic carbocycles. The van der Waals surface area contributed by atoms with Crippen molar-refractivity contribution < 1.29 is 18.0 Å². The van der Waals surface area contributed by atoms with Gasteiger partial charge in [-0.1, -0.05) is 48.0 Å². The molecule has 0 bridgehead atoms. The molecule has 0 fully saturated rings. The number of nitrogens with two attached hydrogens (primary N) is 1. The number of sulfonamides is 1. The summed E-state index contributed by atoms with van der Waals surface area (Å²) in [5.41, 5.74) is 7.69. The van der Waals surface area contributed by atoms with E-state index < -0.39 is 27.9 Å². The van der Waals surface area contributed by atoms with Gasteiger partial charge in [0.1, 0.15) is 6.04 Å². The zero-order chi connectivity index (χ0) is 22.4. The lowest BCUT2D eigenvalue weighted by Gasteiger charge is -2.19. The number of hydrogen-bond acceptors (Lipinski definition) is 4. The van der Waals surface area contributed by atoms with Crippen molar-refractivity contribution in [3.8, 4) is 0 Å². The van der Waals surface area contributed by atoms with E-state index in [1.807, 2.05) is 37.3 Å². The van der Waals surface area contributed by atoms with E-state index in [-0.39, 0.29) is 11.3 Å². The van der Waals surface area contributed by atoms with Crippen molar-refractivity contribution in [2.24, 2.45) is 5.73 Å². The molecule has 2 amide bonds. The molecule has 3 rings (SSSR count). The zero-order valence-corrected chi connectivity index (χ0v) is 17.7. The van der Waals surface area contributed by atoms with Gasteiger partial charge in [-0.05, 0) is 55.3 Å². The molecule has 0 aromatic heterocycles. The molecule has 4 N–H and O–H groups in total. The van der Waals surface area contributed by atoms with Crippen LogP contribution in [-0.4, -0.2) is 26.3 Å². The Labute approximate surface area is 181 Å². The predicted molar refractivity (Wildman–Crippen MR) is 119 cm³/mol. The first-order valence-electron chi connectivity index (χ1n) is 9.58. The molecule has 7 nitrogen and oxygen atoms in total. The van der Waals surface area contributed by atoms with Crippen LogP contribution >= 0.6 is 0 Å². The maximum atomic E-state index is 13.0. The molecule has 0 aliphatic heterocycles. The standard InChI is InChI=1S/C23H23N3O4S/c1-16-7-13-20(14-8-16)31(29,30)26-21(15-17-5-3-2-4-6-17)23(28)25-19-11-9-18(10-12-19)22(24)27/h2-14,21,26H,15H2,1H3,(H2,24,27)(H,25,28). The summed E-state index contributed by atoms with van der Waals surface area (Å²) in [6.45, 7) is 1.86. The summed E-state index contributed by atoms with van der Waals surface area (Å²) < 4.78 is 28.3. The van der Waals surface area contributed by atoms with E-state index in [9.17, 15) is 18.0 Å². The highest BCUT2D eigenvalue weighted by molar-refractivity contribution is 7.89. The average molecular weight is 438 g/mol. The smallest absolute Gasteiger partial charge is 0.248 e. The van der Waals surface area contributed by atoms with Gasteiger partial charge in [0.15, 0.2) is 0 Å². The summed E-state index contributed by atoms with van der Waals surface area (Å²) in [5.74, 6) is -1.10. The maximum absolute atomic E-state index is 13.0. The fourth-order valence-corrected chi connectivity index (χ4v) is 4.15. The van der Waals surface area contributed by atoms with Crippen molar-refractivity contribution >= 4 is 27.5 Å². The minimum atomic E-state index is -3.92. The first-order valence-corrected chi connectivity index (χ1v) is 11.1. The van der Waals surface area contributed by atoms with Gasteiger partial charge in [-0.2, -0.15) is 4.72 Å². The van der Waals surface area contributed by atoms with E-state index in [1.165, 1.54) is 36.4 Å². The van der Waals surface area contributed by atoms with Crippen LogP contribution < -0.4 is 15.8 Å². The lowest BCUT2D eigenvalue weighted by atomic mass is 10.1. The lowest BCUT2D eigenvalue weighted by Crippen LogP contribution is -2.45. The Bertz CT molecular complexity index is 1160. The van der Waals surface area contributed by atoms with Crippen molar-refractivity contribution in [2.45, 2.75) is 24.3 Å². The number of carbonyl (C=O) groups is 2. The summed E-state index contributed by atoms with van der Waals surface area (Å²) >= 11 is 0. The van der Waals surface area contributed by atoms with Gasteiger partial charge in [-0.15, -0.1) is 0 Å². The molecule has 0 aliphatic carbocycles. The number of carbonyl (C=O) groups excluding carboxylic acids is 2. The molecule has 0 saturated heterocycles. The van der Waals surface area contributed by atoms with Crippen LogP contribution in [0, 0.1) is 6.92 Å². The van der Waals surface area contributed by atoms with Gasteiger partial charge >= 0.3 is 0 Å². The van der Waals surface area contributed by atoms with Gasteiger partial charge < -0.3 is 11.1 Å². The number of benzene rings is 3. The Morgan fingerprint density at radius 1 is 0.903 bits per heavy atom. The molecule has 3 aromatic rings. The third-order valence-electron chi connectivity index (χ3n) is 4.66. The molecule has 0 saturated carbocycles. The Kier molecular flexibility index (Phi) is 6.84.